The molecule has 0 radical (unpaired) electrons. The van der Waals surface area contributed by atoms with E-state index in [9.17, 15) is 9.59 Å². The van der Waals surface area contributed by atoms with Gasteiger partial charge in [0.25, 0.3) is 0 Å². The maximum absolute atomic E-state index is 12.4. The molecule has 0 N–H and O–H groups in total. The average Bonchev–Trinajstić information content (AvgIpc) is 3.13. The number of hydrogen-bond acceptors (Lipinski definition) is 6. The van der Waals surface area contributed by atoms with Gasteiger partial charge in [-0.3, -0.25) is 14.5 Å². The lowest BCUT2D eigenvalue weighted by Crippen LogP contribution is -2.44. The third kappa shape index (κ3) is 2.91. The number of amides is 2. The molecule has 3 heterocycles. The summed E-state index contributed by atoms with van der Waals surface area (Å²) < 4.78 is 5.25. The molecule has 2 aliphatic rings. The number of anilines is 1. The van der Waals surface area contributed by atoms with E-state index in [0.717, 1.165) is 11.4 Å². The third-order valence-corrected chi connectivity index (χ3v) is 4.88. The van der Waals surface area contributed by atoms with Gasteiger partial charge in [0, 0.05) is 26.1 Å². The Morgan fingerprint density at radius 3 is 2.81 bits per heavy atom. The van der Waals surface area contributed by atoms with Crippen LogP contribution in [0.2, 0.25) is 0 Å². The Hall–Kier alpha value is -1.54. The smallest absolute Gasteiger partial charge is 0.229 e. The zero-order valence-corrected chi connectivity index (χ0v) is 12.8. The minimum Gasteiger partial charge on any atom is -0.378 e. The van der Waals surface area contributed by atoms with Crippen molar-refractivity contribution < 1.29 is 14.3 Å². The first-order valence-electron chi connectivity index (χ1n) is 7.18. The molecule has 0 aromatic carbocycles. The summed E-state index contributed by atoms with van der Waals surface area (Å²) in [4.78, 5) is 28.0. The molecular weight excluding hydrogens is 292 g/mol. The first-order valence-corrected chi connectivity index (χ1v) is 8.00. The van der Waals surface area contributed by atoms with Crippen LogP contribution in [-0.4, -0.2) is 59.8 Å². The SMILES string of the molecule is CCc1nnc(N2CC(C(=O)N3CCOCC3)CC2=O)s1. The lowest BCUT2D eigenvalue weighted by molar-refractivity contribution is -0.139. The highest BCUT2D eigenvalue weighted by Crippen LogP contribution is 2.29. The standard InChI is InChI=1S/C13H18N4O3S/c1-2-10-14-15-13(21-10)17-8-9(7-11(17)18)12(19)16-3-5-20-6-4-16/h9H,2-8H2,1H3. The van der Waals surface area contributed by atoms with Gasteiger partial charge in [0.2, 0.25) is 16.9 Å². The van der Waals surface area contributed by atoms with Gasteiger partial charge in [0.15, 0.2) is 0 Å². The molecule has 0 spiro atoms. The fraction of sp³-hybridized carbons (Fsp3) is 0.692. The molecule has 2 aliphatic heterocycles. The van der Waals surface area contributed by atoms with E-state index in [4.69, 9.17) is 4.74 Å². The lowest BCUT2D eigenvalue weighted by atomic mass is 10.1. The third-order valence-electron chi connectivity index (χ3n) is 3.79. The number of rotatable bonds is 3. The summed E-state index contributed by atoms with van der Waals surface area (Å²) in [6, 6.07) is 0. The fourth-order valence-electron chi connectivity index (χ4n) is 2.60. The number of hydrogen-bond donors (Lipinski definition) is 0. The van der Waals surface area contributed by atoms with Gasteiger partial charge in [-0.2, -0.15) is 0 Å². The Morgan fingerprint density at radius 1 is 1.38 bits per heavy atom. The van der Waals surface area contributed by atoms with Gasteiger partial charge in [-0.15, -0.1) is 10.2 Å². The number of carbonyl (C=O) groups is 2. The van der Waals surface area contributed by atoms with Crippen molar-refractivity contribution in [1.29, 1.82) is 0 Å². The molecule has 7 nitrogen and oxygen atoms in total. The maximum Gasteiger partial charge on any atom is 0.229 e. The molecule has 2 amide bonds. The second kappa shape index (κ2) is 6.07. The van der Waals surface area contributed by atoms with E-state index in [0.29, 0.717) is 38.0 Å². The van der Waals surface area contributed by atoms with Crippen LogP contribution in [0.1, 0.15) is 18.4 Å². The predicted octanol–water partition coefficient (Wildman–Crippen LogP) is 0.312. The monoisotopic (exact) mass is 310 g/mol. The quantitative estimate of drug-likeness (QED) is 0.803. The summed E-state index contributed by atoms with van der Waals surface area (Å²) >= 11 is 1.42. The summed E-state index contributed by atoms with van der Waals surface area (Å²) in [5.74, 6) is -0.264. The molecule has 2 saturated heterocycles. The molecule has 1 aromatic heterocycles. The van der Waals surface area contributed by atoms with Crippen LogP contribution in [-0.2, 0) is 20.7 Å². The molecule has 8 heteroatoms. The van der Waals surface area contributed by atoms with E-state index in [1.807, 2.05) is 6.92 Å². The largest absolute Gasteiger partial charge is 0.378 e. The molecule has 114 valence electrons. The summed E-state index contributed by atoms with van der Waals surface area (Å²) in [7, 11) is 0. The van der Waals surface area contributed by atoms with Crippen molar-refractivity contribution in [2.24, 2.45) is 5.92 Å². The second-order valence-electron chi connectivity index (χ2n) is 5.17. The molecule has 1 aromatic rings. The van der Waals surface area contributed by atoms with Gasteiger partial charge in [-0.1, -0.05) is 18.3 Å². The summed E-state index contributed by atoms with van der Waals surface area (Å²) in [5, 5.41) is 9.60. The maximum atomic E-state index is 12.4. The first-order chi connectivity index (χ1) is 10.2. The van der Waals surface area contributed by atoms with Crippen molar-refractivity contribution in [3.63, 3.8) is 0 Å². The van der Waals surface area contributed by atoms with E-state index >= 15 is 0 Å². The summed E-state index contributed by atoms with van der Waals surface area (Å²) in [6.45, 7) is 4.79. The van der Waals surface area contributed by atoms with E-state index in [2.05, 4.69) is 10.2 Å². The Balaban J connectivity index is 1.67. The van der Waals surface area contributed by atoms with E-state index in [1.165, 1.54) is 11.3 Å². The van der Waals surface area contributed by atoms with Crippen LogP contribution in [0.15, 0.2) is 0 Å². The van der Waals surface area contributed by atoms with Gasteiger partial charge in [-0.05, 0) is 6.42 Å². The average molecular weight is 310 g/mol. The minimum absolute atomic E-state index is 0.0413. The lowest BCUT2D eigenvalue weighted by Gasteiger charge is -2.28. The van der Waals surface area contributed by atoms with Crippen molar-refractivity contribution in [1.82, 2.24) is 15.1 Å². The number of aromatic nitrogens is 2. The van der Waals surface area contributed by atoms with Crippen LogP contribution in [0.5, 0.6) is 0 Å². The molecule has 2 fully saturated rings. The first kappa shape index (κ1) is 14.4. The van der Waals surface area contributed by atoms with Gasteiger partial charge < -0.3 is 9.64 Å². The fourth-order valence-corrected chi connectivity index (χ4v) is 3.40. The molecule has 0 saturated carbocycles. The van der Waals surface area contributed by atoms with E-state index in [-0.39, 0.29) is 24.2 Å². The minimum atomic E-state index is -0.274. The molecule has 0 bridgehead atoms. The topological polar surface area (TPSA) is 75.6 Å². The number of ether oxygens (including phenoxy) is 1. The molecule has 3 rings (SSSR count). The molecule has 1 unspecified atom stereocenters. The van der Waals surface area contributed by atoms with Crippen LogP contribution in [0, 0.1) is 5.92 Å². The number of aryl methyl sites for hydroxylation is 1. The van der Waals surface area contributed by atoms with Crippen molar-refractivity contribution >= 4 is 28.3 Å². The summed E-state index contributed by atoms with van der Waals surface area (Å²) in [6.07, 6.45) is 1.06. The highest BCUT2D eigenvalue weighted by Gasteiger charge is 2.38. The Bertz CT molecular complexity index is 541. The molecule has 1 atom stereocenters. The van der Waals surface area contributed by atoms with Crippen molar-refractivity contribution in [2.75, 3.05) is 37.7 Å². The van der Waals surface area contributed by atoms with Crippen LogP contribution >= 0.6 is 11.3 Å². The zero-order valence-electron chi connectivity index (χ0n) is 11.9. The van der Waals surface area contributed by atoms with E-state index < -0.39 is 0 Å². The van der Waals surface area contributed by atoms with Gasteiger partial charge >= 0.3 is 0 Å². The van der Waals surface area contributed by atoms with Crippen LogP contribution < -0.4 is 4.90 Å². The van der Waals surface area contributed by atoms with Gasteiger partial charge in [0.1, 0.15) is 5.01 Å². The van der Waals surface area contributed by atoms with Crippen molar-refractivity contribution in [3.05, 3.63) is 5.01 Å². The molecule has 21 heavy (non-hydrogen) atoms. The van der Waals surface area contributed by atoms with Crippen LogP contribution in [0.4, 0.5) is 5.13 Å². The van der Waals surface area contributed by atoms with Crippen LogP contribution in [0.25, 0.3) is 0 Å². The zero-order chi connectivity index (χ0) is 14.8. The van der Waals surface area contributed by atoms with Gasteiger partial charge in [-0.25, -0.2) is 0 Å². The summed E-state index contributed by atoms with van der Waals surface area (Å²) in [5.41, 5.74) is 0. The van der Waals surface area contributed by atoms with E-state index in [1.54, 1.807) is 9.80 Å². The van der Waals surface area contributed by atoms with Gasteiger partial charge in [0.05, 0.1) is 19.1 Å². The Morgan fingerprint density at radius 2 is 2.14 bits per heavy atom. The molecular formula is C13H18N4O3S. The van der Waals surface area contributed by atoms with Crippen LogP contribution in [0.3, 0.4) is 0 Å². The Labute approximate surface area is 126 Å². The highest BCUT2D eigenvalue weighted by atomic mass is 32.1. The molecule has 0 aliphatic carbocycles. The predicted molar refractivity (Wildman–Crippen MR) is 77.1 cm³/mol. The second-order valence-corrected chi connectivity index (χ2v) is 6.22. The number of carbonyl (C=O) groups excluding carboxylic acids is 2. The number of nitrogens with zero attached hydrogens (tertiary/aromatic N) is 4. The highest BCUT2D eigenvalue weighted by molar-refractivity contribution is 7.15. The Kier molecular flexibility index (Phi) is 4.16. The normalized spacial score (nSPS) is 22.9. The van der Waals surface area contributed by atoms with Crippen molar-refractivity contribution in [2.45, 2.75) is 19.8 Å². The van der Waals surface area contributed by atoms with Crippen molar-refractivity contribution in [3.8, 4) is 0 Å². The number of morpholine rings is 1.